The van der Waals surface area contributed by atoms with E-state index >= 15 is 0 Å². The Morgan fingerprint density at radius 1 is 1.06 bits per heavy atom. The molecule has 0 bridgehead atoms. The lowest BCUT2D eigenvalue weighted by Crippen LogP contribution is -2.34. The molecule has 0 aliphatic heterocycles. The number of anilines is 1. The average Bonchev–Trinajstić information content (AvgIpc) is 2.69. The van der Waals surface area contributed by atoms with Crippen LogP contribution in [0.2, 0.25) is 0 Å². The summed E-state index contributed by atoms with van der Waals surface area (Å²) in [7, 11) is -7.94. The number of nitrogens with one attached hydrogen (secondary N) is 2. The molecular formula is C16H24N4O12S2. The van der Waals surface area contributed by atoms with Crippen molar-refractivity contribution in [2.75, 3.05) is 50.7 Å². The summed E-state index contributed by atoms with van der Waals surface area (Å²) in [6.07, 6.45) is 1.55. The second-order valence-corrected chi connectivity index (χ2v) is 10.1. The molecule has 0 radical (unpaired) electrons. The Morgan fingerprint density at radius 3 is 2.18 bits per heavy atom. The predicted molar refractivity (Wildman–Crippen MR) is 117 cm³/mol. The first kappa shape index (κ1) is 29.1. The number of rotatable bonds is 15. The minimum absolute atomic E-state index is 0.0948. The monoisotopic (exact) mass is 528 g/mol. The Morgan fingerprint density at radius 2 is 1.68 bits per heavy atom. The number of hydrogen-bond acceptors (Lipinski definition) is 13. The molecule has 0 fully saturated rings. The quantitative estimate of drug-likeness (QED) is 0.112. The van der Waals surface area contributed by atoms with Crippen LogP contribution in [0.4, 0.5) is 17.1 Å². The third kappa shape index (κ3) is 9.51. The molecule has 0 aliphatic carbocycles. The second-order valence-electron chi connectivity index (χ2n) is 6.77. The van der Waals surface area contributed by atoms with E-state index in [-0.39, 0.29) is 31.8 Å². The summed E-state index contributed by atoms with van der Waals surface area (Å²) in [5.74, 6) is -2.82. The number of carbonyl (C=O) groups excluding carboxylic acids is 1. The van der Waals surface area contributed by atoms with Crippen molar-refractivity contribution in [3.05, 3.63) is 37.9 Å². The van der Waals surface area contributed by atoms with Gasteiger partial charge in [-0.3, -0.25) is 33.4 Å². The molecule has 16 nitrogen and oxygen atoms in total. The van der Waals surface area contributed by atoms with Gasteiger partial charge in [0.15, 0.2) is 0 Å². The lowest BCUT2D eigenvalue weighted by Gasteiger charge is -2.18. The molecule has 3 N–H and O–H groups in total. The Balaban J connectivity index is 3.56. The van der Waals surface area contributed by atoms with Crippen molar-refractivity contribution < 1.29 is 44.9 Å². The van der Waals surface area contributed by atoms with Gasteiger partial charge < -0.3 is 15.7 Å². The summed E-state index contributed by atoms with van der Waals surface area (Å²) in [5.41, 5.74) is -2.79. The highest BCUT2D eigenvalue weighted by atomic mass is 32.2. The molecule has 192 valence electrons. The van der Waals surface area contributed by atoms with Gasteiger partial charge in [-0.05, 0) is 12.5 Å². The molecule has 0 spiro atoms. The molecule has 1 atom stereocenters. The highest BCUT2D eigenvalue weighted by Crippen LogP contribution is 2.40. The van der Waals surface area contributed by atoms with Crippen LogP contribution < -0.4 is 10.6 Å². The molecule has 34 heavy (non-hydrogen) atoms. The van der Waals surface area contributed by atoms with E-state index in [2.05, 4.69) is 19.0 Å². The summed E-state index contributed by atoms with van der Waals surface area (Å²) in [5, 5.41) is 37.2. The fraction of sp³-hybridized carbons (Fsp3) is 0.562. The Hall–Kier alpha value is -2.93. The maximum atomic E-state index is 12.7. The number of benzene rings is 1. The topological polar surface area (TPSA) is 234 Å². The fourth-order valence-electron chi connectivity index (χ4n) is 2.71. The molecule has 1 aromatic carbocycles. The normalized spacial score (nSPS) is 12.7. The standard InChI is InChI=1S/C16H24N4O12S2/c1-33(27,28)31-9-7-17-12-4-5-13(19(23)24)14(15(12)20(25)26)11(10-32-34(2,29)30)16(22)18-6-3-8-21/h4-5,11,17,21H,3,6-10H2,1-2H3,(H,18,22). The number of hydrogen-bond donors (Lipinski definition) is 3. The van der Waals surface area contributed by atoms with Gasteiger partial charge in [0.05, 0.1) is 35.6 Å². The Labute approximate surface area is 194 Å². The highest BCUT2D eigenvalue weighted by Gasteiger charge is 2.38. The molecule has 1 unspecified atom stereocenters. The first-order chi connectivity index (χ1) is 15.7. The van der Waals surface area contributed by atoms with Gasteiger partial charge in [0, 0.05) is 25.8 Å². The molecule has 0 saturated heterocycles. The third-order valence-corrected chi connectivity index (χ3v) is 5.20. The van der Waals surface area contributed by atoms with Gasteiger partial charge in [-0.2, -0.15) is 16.8 Å². The maximum Gasteiger partial charge on any atom is 0.303 e. The molecule has 1 aromatic rings. The highest BCUT2D eigenvalue weighted by molar-refractivity contribution is 7.86. The van der Waals surface area contributed by atoms with Crippen LogP contribution in [0.15, 0.2) is 12.1 Å². The van der Waals surface area contributed by atoms with E-state index in [0.29, 0.717) is 6.26 Å². The molecule has 0 heterocycles. The summed E-state index contributed by atoms with van der Waals surface area (Å²) in [4.78, 5) is 34.3. The number of amides is 1. The average molecular weight is 529 g/mol. The zero-order valence-electron chi connectivity index (χ0n) is 18.1. The number of aliphatic hydroxyl groups excluding tert-OH is 1. The largest absolute Gasteiger partial charge is 0.396 e. The van der Waals surface area contributed by atoms with Crippen molar-refractivity contribution in [1.82, 2.24) is 5.32 Å². The van der Waals surface area contributed by atoms with Crippen LogP contribution in [0.5, 0.6) is 0 Å². The summed E-state index contributed by atoms with van der Waals surface area (Å²) < 4.78 is 54.2. The van der Waals surface area contributed by atoms with Gasteiger partial charge in [0.25, 0.3) is 25.9 Å². The number of nitro benzene ring substituents is 2. The summed E-state index contributed by atoms with van der Waals surface area (Å²) in [6.45, 7) is -2.08. The summed E-state index contributed by atoms with van der Waals surface area (Å²) in [6, 6.07) is 1.86. The smallest absolute Gasteiger partial charge is 0.303 e. The maximum absolute atomic E-state index is 12.7. The van der Waals surface area contributed by atoms with Crippen LogP contribution in [-0.2, 0) is 33.4 Å². The van der Waals surface area contributed by atoms with Crippen molar-refractivity contribution in [2.45, 2.75) is 12.3 Å². The van der Waals surface area contributed by atoms with Crippen LogP contribution in [-0.4, -0.2) is 83.1 Å². The van der Waals surface area contributed by atoms with Gasteiger partial charge >= 0.3 is 5.69 Å². The number of carbonyl (C=O) groups is 1. The first-order valence-corrected chi connectivity index (χ1v) is 13.1. The molecule has 0 aliphatic rings. The zero-order chi connectivity index (χ0) is 26.1. The van der Waals surface area contributed by atoms with E-state index in [0.717, 1.165) is 18.4 Å². The first-order valence-electron chi connectivity index (χ1n) is 9.45. The third-order valence-electron chi connectivity index (χ3n) is 4.04. The number of aliphatic hydroxyl groups is 1. The van der Waals surface area contributed by atoms with Crippen molar-refractivity contribution in [1.29, 1.82) is 0 Å². The van der Waals surface area contributed by atoms with Crippen molar-refractivity contribution in [2.24, 2.45) is 0 Å². The van der Waals surface area contributed by atoms with E-state index in [1.165, 1.54) is 0 Å². The Bertz CT molecular complexity index is 1120. The fourth-order valence-corrected chi connectivity index (χ4v) is 3.48. The summed E-state index contributed by atoms with van der Waals surface area (Å²) >= 11 is 0. The molecule has 0 aromatic heterocycles. The van der Waals surface area contributed by atoms with E-state index in [9.17, 15) is 41.9 Å². The van der Waals surface area contributed by atoms with Gasteiger partial charge in [0.2, 0.25) is 5.91 Å². The minimum atomic E-state index is -4.14. The minimum Gasteiger partial charge on any atom is -0.396 e. The van der Waals surface area contributed by atoms with Gasteiger partial charge in [-0.15, -0.1) is 0 Å². The number of nitro groups is 2. The van der Waals surface area contributed by atoms with Crippen LogP contribution in [0.3, 0.4) is 0 Å². The SMILES string of the molecule is CS(=O)(=O)OCCNc1ccc([N+](=O)[O-])c(C(COS(C)(=O)=O)C(=O)NCCCO)c1[N+](=O)[O-]. The van der Waals surface area contributed by atoms with Gasteiger partial charge in [-0.25, -0.2) is 0 Å². The number of nitrogens with zero attached hydrogens (tertiary/aromatic N) is 2. The lowest BCUT2D eigenvalue weighted by molar-refractivity contribution is -0.395. The zero-order valence-corrected chi connectivity index (χ0v) is 19.8. The molecule has 1 amide bonds. The molecule has 0 saturated carbocycles. The Kier molecular flexibility index (Phi) is 10.7. The van der Waals surface area contributed by atoms with E-state index in [1.54, 1.807) is 0 Å². The van der Waals surface area contributed by atoms with Crippen molar-refractivity contribution >= 4 is 43.2 Å². The van der Waals surface area contributed by atoms with Gasteiger partial charge in [-0.1, -0.05) is 0 Å². The van der Waals surface area contributed by atoms with Gasteiger partial charge in [0.1, 0.15) is 17.2 Å². The van der Waals surface area contributed by atoms with Crippen molar-refractivity contribution in [3.8, 4) is 0 Å². The molecule has 1 rings (SSSR count). The van der Waals surface area contributed by atoms with Crippen LogP contribution >= 0.6 is 0 Å². The second kappa shape index (κ2) is 12.5. The van der Waals surface area contributed by atoms with E-state index in [4.69, 9.17) is 5.11 Å². The van der Waals surface area contributed by atoms with Crippen molar-refractivity contribution in [3.63, 3.8) is 0 Å². The van der Waals surface area contributed by atoms with E-state index in [1.807, 2.05) is 0 Å². The van der Waals surface area contributed by atoms with Crippen LogP contribution in [0.1, 0.15) is 17.9 Å². The predicted octanol–water partition coefficient (Wildman–Crippen LogP) is -0.550. The van der Waals surface area contributed by atoms with E-state index < -0.39 is 72.1 Å². The van der Waals surface area contributed by atoms with Crippen LogP contribution in [0.25, 0.3) is 0 Å². The van der Waals surface area contributed by atoms with Crippen LogP contribution in [0, 0.1) is 20.2 Å². The molecular weight excluding hydrogens is 504 g/mol. The molecule has 18 heteroatoms. The lowest BCUT2D eigenvalue weighted by atomic mass is 9.94.